The molecule has 114 valence electrons. The normalized spacial score (nSPS) is 20.1. The first-order chi connectivity index (χ1) is 10.8. The van der Waals surface area contributed by atoms with Gasteiger partial charge in [-0.1, -0.05) is 48.4 Å². The van der Waals surface area contributed by atoms with Crippen molar-refractivity contribution in [1.82, 2.24) is 15.0 Å². The number of hydrogen-bond donors (Lipinski definition) is 1. The van der Waals surface area contributed by atoms with Gasteiger partial charge in [-0.25, -0.2) is 4.98 Å². The summed E-state index contributed by atoms with van der Waals surface area (Å²) in [4.78, 5) is 10.4. The third-order valence-corrected chi connectivity index (χ3v) is 4.66. The van der Waals surface area contributed by atoms with Gasteiger partial charge in [0.25, 0.3) is 0 Å². The van der Waals surface area contributed by atoms with Crippen molar-refractivity contribution < 1.29 is 4.84 Å². The number of hydrogen-bond acceptors (Lipinski definition) is 3. The van der Waals surface area contributed by atoms with Gasteiger partial charge in [-0.3, -0.25) is 0 Å². The predicted molar refractivity (Wildman–Crippen MR) is 86.3 cm³/mol. The maximum Gasteiger partial charge on any atom is 0.140 e. The Hall–Kier alpha value is -1.94. The summed E-state index contributed by atoms with van der Waals surface area (Å²) in [5.74, 6) is 0. The Morgan fingerprint density at radius 1 is 1.27 bits per heavy atom. The molecular formula is C17H18ClN3O. The van der Waals surface area contributed by atoms with E-state index in [1.165, 1.54) is 18.4 Å². The Morgan fingerprint density at radius 2 is 2.14 bits per heavy atom. The van der Waals surface area contributed by atoms with Gasteiger partial charge in [0.1, 0.15) is 28.8 Å². The molecule has 1 unspecified atom stereocenters. The molecule has 1 aliphatic carbocycles. The summed E-state index contributed by atoms with van der Waals surface area (Å²) in [6, 6.07) is 10.5. The van der Waals surface area contributed by atoms with Crippen LogP contribution in [0.25, 0.3) is 10.7 Å². The van der Waals surface area contributed by atoms with Crippen LogP contribution in [0.1, 0.15) is 31.2 Å². The maximum absolute atomic E-state index is 6.36. The number of aromatic nitrogens is 2. The first-order valence-corrected chi connectivity index (χ1v) is 8.11. The standard InChI is InChI=1S/C17H18ClN3O/c18-17-15-16(13-8-4-5-9-14(13)20-17)21(11-19-15)22-10-12-6-2-1-3-7-12/h1-3,6-7,11,14,20H,4-5,8-10H2. The smallest absolute Gasteiger partial charge is 0.140 e. The lowest BCUT2D eigenvalue weighted by Crippen LogP contribution is -2.49. The minimum atomic E-state index is 0.324. The van der Waals surface area contributed by atoms with Crippen molar-refractivity contribution in [2.75, 3.05) is 0 Å². The van der Waals surface area contributed by atoms with Crippen LogP contribution in [0.5, 0.6) is 0 Å². The van der Waals surface area contributed by atoms with Gasteiger partial charge in [-0.05, 0) is 30.4 Å². The van der Waals surface area contributed by atoms with Crippen molar-refractivity contribution in [3.05, 3.63) is 52.9 Å². The number of fused-ring (bicyclic) bond motifs is 2. The number of benzene rings is 1. The number of imidazole rings is 1. The Balaban J connectivity index is 1.72. The largest absolute Gasteiger partial charge is 0.407 e. The summed E-state index contributed by atoms with van der Waals surface area (Å²) in [6.07, 6.45) is 6.37. The second-order valence-corrected chi connectivity index (χ2v) is 6.19. The molecule has 1 aromatic heterocycles. The van der Waals surface area contributed by atoms with E-state index < -0.39 is 0 Å². The molecule has 1 atom stereocenters. The topological polar surface area (TPSA) is 39.1 Å². The van der Waals surface area contributed by atoms with E-state index in [1.807, 2.05) is 18.2 Å². The zero-order chi connectivity index (χ0) is 14.9. The van der Waals surface area contributed by atoms with E-state index in [-0.39, 0.29) is 0 Å². The SMILES string of the molecule is ClC1=c2ncn(OCc3ccccc3)c2=C2CCCCC2N1. The number of halogens is 1. The van der Waals surface area contributed by atoms with E-state index in [2.05, 4.69) is 22.4 Å². The van der Waals surface area contributed by atoms with Crippen LogP contribution in [0.2, 0.25) is 0 Å². The fourth-order valence-electron chi connectivity index (χ4n) is 3.28. The molecule has 5 heteroatoms. The van der Waals surface area contributed by atoms with Gasteiger partial charge in [-0.15, -0.1) is 0 Å². The highest BCUT2D eigenvalue weighted by molar-refractivity contribution is 6.44. The van der Waals surface area contributed by atoms with Gasteiger partial charge in [0.05, 0.1) is 6.04 Å². The van der Waals surface area contributed by atoms with Crippen molar-refractivity contribution in [3.8, 4) is 0 Å². The molecule has 0 saturated heterocycles. The summed E-state index contributed by atoms with van der Waals surface area (Å²) in [7, 11) is 0. The van der Waals surface area contributed by atoms with Crippen molar-refractivity contribution in [2.45, 2.75) is 38.3 Å². The number of nitrogens with zero attached hydrogens (tertiary/aromatic N) is 2. The average molecular weight is 316 g/mol. The molecule has 2 aliphatic rings. The van der Waals surface area contributed by atoms with Crippen molar-refractivity contribution in [3.63, 3.8) is 0 Å². The number of nitrogens with one attached hydrogen (secondary N) is 1. The first kappa shape index (κ1) is 13.7. The van der Waals surface area contributed by atoms with Gasteiger partial charge in [0.2, 0.25) is 0 Å². The van der Waals surface area contributed by atoms with E-state index in [0.717, 1.165) is 29.1 Å². The summed E-state index contributed by atoms with van der Waals surface area (Å²) >= 11 is 6.36. The number of rotatable bonds is 3. The minimum Gasteiger partial charge on any atom is -0.407 e. The molecule has 1 aromatic carbocycles. The van der Waals surface area contributed by atoms with Crippen LogP contribution in [-0.4, -0.2) is 15.8 Å². The van der Waals surface area contributed by atoms with E-state index in [0.29, 0.717) is 17.8 Å². The molecule has 22 heavy (non-hydrogen) atoms. The molecule has 0 spiro atoms. The van der Waals surface area contributed by atoms with Gasteiger partial charge in [0, 0.05) is 0 Å². The fraction of sp³-hybridized carbons (Fsp3) is 0.353. The highest BCUT2D eigenvalue weighted by Gasteiger charge is 2.26. The Bertz CT molecular complexity index is 797. The third kappa shape index (κ3) is 2.37. The molecular weight excluding hydrogens is 298 g/mol. The van der Waals surface area contributed by atoms with Crippen LogP contribution in [0, 0.1) is 0 Å². The fourth-order valence-corrected chi connectivity index (χ4v) is 3.55. The first-order valence-electron chi connectivity index (χ1n) is 7.73. The van der Waals surface area contributed by atoms with Crippen LogP contribution >= 0.6 is 11.6 Å². The van der Waals surface area contributed by atoms with Crippen LogP contribution in [0.15, 0.2) is 36.7 Å². The molecule has 1 N–H and O–H groups in total. The molecule has 2 aromatic rings. The van der Waals surface area contributed by atoms with E-state index >= 15 is 0 Å². The Labute approximate surface area is 134 Å². The quantitative estimate of drug-likeness (QED) is 0.873. The van der Waals surface area contributed by atoms with E-state index in [9.17, 15) is 0 Å². The summed E-state index contributed by atoms with van der Waals surface area (Å²) in [5.41, 5.74) is 2.51. The zero-order valence-electron chi connectivity index (χ0n) is 12.3. The zero-order valence-corrected chi connectivity index (χ0v) is 13.0. The molecule has 1 aliphatic heterocycles. The second-order valence-electron chi connectivity index (χ2n) is 5.81. The van der Waals surface area contributed by atoms with Crippen molar-refractivity contribution in [2.24, 2.45) is 0 Å². The van der Waals surface area contributed by atoms with Crippen molar-refractivity contribution >= 4 is 22.3 Å². The molecule has 0 radical (unpaired) electrons. The van der Waals surface area contributed by atoms with E-state index in [1.54, 1.807) is 11.1 Å². The molecule has 0 bridgehead atoms. The van der Waals surface area contributed by atoms with Gasteiger partial charge >= 0.3 is 0 Å². The Kier molecular flexibility index (Phi) is 3.54. The summed E-state index contributed by atoms with van der Waals surface area (Å²) in [5, 5.41) is 5.86. The monoisotopic (exact) mass is 315 g/mol. The third-order valence-electron chi connectivity index (χ3n) is 4.37. The maximum atomic E-state index is 6.36. The summed E-state index contributed by atoms with van der Waals surface area (Å²) in [6.45, 7) is 0.520. The van der Waals surface area contributed by atoms with Gasteiger partial charge in [0.15, 0.2) is 0 Å². The predicted octanol–water partition coefficient (Wildman–Crippen LogP) is 1.51. The van der Waals surface area contributed by atoms with Crippen LogP contribution < -0.4 is 20.9 Å². The molecule has 2 heterocycles. The van der Waals surface area contributed by atoms with Gasteiger partial charge < -0.3 is 10.2 Å². The Morgan fingerprint density at radius 3 is 3.00 bits per heavy atom. The molecule has 4 rings (SSSR count). The lowest BCUT2D eigenvalue weighted by atomic mass is 9.88. The highest BCUT2D eigenvalue weighted by atomic mass is 35.5. The lowest BCUT2D eigenvalue weighted by molar-refractivity contribution is 0.0901. The minimum absolute atomic E-state index is 0.324. The average Bonchev–Trinajstić information content (AvgIpc) is 2.99. The van der Waals surface area contributed by atoms with Crippen LogP contribution in [0.4, 0.5) is 0 Å². The summed E-state index contributed by atoms with van der Waals surface area (Å²) < 4.78 is 1.79. The van der Waals surface area contributed by atoms with E-state index in [4.69, 9.17) is 16.4 Å². The van der Waals surface area contributed by atoms with Gasteiger partial charge in [-0.2, -0.15) is 4.73 Å². The second kappa shape index (κ2) is 5.69. The van der Waals surface area contributed by atoms with Crippen LogP contribution in [-0.2, 0) is 6.61 Å². The van der Waals surface area contributed by atoms with Crippen molar-refractivity contribution in [1.29, 1.82) is 0 Å². The molecule has 1 fully saturated rings. The van der Waals surface area contributed by atoms with Crippen LogP contribution in [0.3, 0.4) is 0 Å². The molecule has 0 amide bonds. The molecule has 1 saturated carbocycles. The highest BCUT2D eigenvalue weighted by Crippen LogP contribution is 2.25. The molecule has 4 nitrogen and oxygen atoms in total. The lowest BCUT2D eigenvalue weighted by Gasteiger charge is -2.29.